The maximum absolute atomic E-state index is 12.1. The van der Waals surface area contributed by atoms with Crippen LogP contribution in [0.2, 0.25) is 0 Å². The molecule has 8 heteroatoms. The van der Waals surface area contributed by atoms with Crippen LogP contribution in [0.5, 0.6) is 0 Å². The van der Waals surface area contributed by atoms with Crippen molar-refractivity contribution in [3.05, 3.63) is 15.4 Å². The molecule has 108 valence electrons. The molecule has 5 nitrogen and oxygen atoms in total. The van der Waals surface area contributed by atoms with Gasteiger partial charge in [0.05, 0.1) is 3.79 Å². The fourth-order valence-electron chi connectivity index (χ4n) is 1.44. The molecule has 2 N–H and O–H groups in total. The second-order valence-electron chi connectivity index (χ2n) is 4.34. The molecule has 0 amide bonds. The summed E-state index contributed by atoms with van der Waals surface area (Å²) in [6.45, 7) is 5.31. The third-order valence-electron chi connectivity index (χ3n) is 2.86. The number of nitrogens with one attached hydrogen (secondary N) is 1. The maximum atomic E-state index is 12.1. The summed E-state index contributed by atoms with van der Waals surface area (Å²) < 4.78 is 27.4. The molecule has 0 bridgehead atoms. The number of aliphatic carboxylic acids is 1. The highest BCUT2D eigenvalue weighted by Crippen LogP contribution is 2.30. The number of halogens is 1. The highest BCUT2D eigenvalue weighted by molar-refractivity contribution is 9.11. The summed E-state index contributed by atoms with van der Waals surface area (Å²) in [6.07, 6.45) is 0.576. The van der Waals surface area contributed by atoms with E-state index in [1.807, 2.05) is 6.92 Å². The van der Waals surface area contributed by atoms with Crippen molar-refractivity contribution in [3.8, 4) is 0 Å². The number of rotatable bonds is 6. The monoisotopic (exact) mass is 369 g/mol. The second-order valence-corrected chi connectivity index (χ2v) is 8.66. The van der Waals surface area contributed by atoms with Gasteiger partial charge >= 0.3 is 5.97 Å². The van der Waals surface area contributed by atoms with Crippen molar-refractivity contribution in [1.29, 1.82) is 0 Å². The molecule has 0 spiro atoms. The first kappa shape index (κ1) is 16.6. The van der Waals surface area contributed by atoms with E-state index in [1.165, 1.54) is 6.07 Å². The molecule has 19 heavy (non-hydrogen) atoms. The van der Waals surface area contributed by atoms with Gasteiger partial charge in [-0.15, -0.1) is 11.3 Å². The Hall–Kier alpha value is -0.440. The fourth-order valence-corrected chi connectivity index (χ4v) is 4.98. The van der Waals surface area contributed by atoms with E-state index in [0.717, 1.165) is 20.7 Å². The lowest BCUT2D eigenvalue weighted by atomic mass is 10.0. The highest BCUT2D eigenvalue weighted by atomic mass is 79.9. The summed E-state index contributed by atoms with van der Waals surface area (Å²) >= 11 is 4.32. The van der Waals surface area contributed by atoms with Crippen LogP contribution >= 0.6 is 27.3 Å². The van der Waals surface area contributed by atoms with Crippen LogP contribution in [0.3, 0.4) is 0 Å². The van der Waals surface area contributed by atoms with E-state index in [9.17, 15) is 13.2 Å². The fraction of sp³-hybridized carbons (Fsp3) is 0.545. The quantitative estimate of drug-likeness (QED) is 0.806. The van der Waals surface area contributed by atoms with Gasteiger partial charge in [0.15, 0.2) is 0 Å². The van der Waals surface area contributed by atoms with Gasteiger partial charge in [0, 0.05) is 0 Å². The molecule has 1 heterocycles. The third kappa shape index (κ3) is 4.01. The van der Waals surface area contributed by atoms with E-state index in [-0.39, 0.29) is 10.1 Å². The van der Waals surface area contributed by atoms with Crippen molar-refractivity contribution in [2.75, 3.05) is 0 Å². The molecule has 0 saturated carbocycles. The van der Waals surface area contributed by atoms with Gasteiger partial charge in [-0.3, -0.25) is 4.79 Å². The predicted molar refractivity (Wildman–Crippen MR) is 78.0 cm³/mol. The van der Waals surface area contributed by atoms with Gasteiger partial charge < -0.3 is 5.11 Å². The van der Waals surface area contributed by atoms with E-state index < -0.39 is 22.0 Å². The Balaban J connectivity index is 3.04. The molecule has 2 atom stereocenters. The van der Waals surface area contributed by atoms with E-state index in [4.69, 9.17) is 5.11 Å². The summed E-state index contributed by atoms with van der Waals surface area (Å²) in [5, 5.41) is 9.11. The lowest BCUT2D eigenvalue weighted by Gasteiger charge is -2.19. The zero-order valence-electron chi connectivity index (χ0n) is 10.8. The number of thiophene rings is 1. The zero-order chi connectivity index (χ0) is 14.8. The molecule has 1 rings (SSSR count). The van der Waals surface area contributed by atoms with Crippen LogP contribution in [0.25, 0.3) is 0 Å². The van der Waals surface area contributed by atoms with Gasteiger partial charge in [-0.05, 0) is 40.4 Å². The van der Waals surface area contributed by atoms with Crippen LogP contribution in [0.4, 0.5) is 0 Å². The van der Waals surface area contributed by atoms with Crippen molar-refractivity contribution in [3.63, 3.8) is 0 Å². The number of hydrogen-bond donors (Lipinski definition) is 2. The standard InChI is InChI=1S/C11H16BrNO4S2/c1-4-6(2)9(11(14)15)13-19(16,17)8-5-7(3)10(12)18-8/h5-6,9,13H,4H2,1-3H3,(H,14,15)/t6-,9-/m0/s1. The molecule has 0 aliphatic rings. The number of aryl methyl sites for hydroxylation is 1. The van der Waals surface area contributed by atoms with Gasteiger partial charge in [-0.25, -0.2) is 8.42 Å². The van der Waals surface area contributed by atoms with Crippen molar-refractivity contribution in [2.45, 2.75) is 37.4 Å². The average molecular weight is 370 g/mol. The Morgan fingerprint density at radius 1 is 1.58 bits per heavy atom. The Morgan fingerprint density at radius 3 is 2.53 bits per heavy atom. The topological polar surface area (TPSA) is 83.5 Å². The number of hydrogen-bond acceptors (Lipinski definition) is 4. The molecule has 0 radical (unpaired) electrons. The van der Waals surface area contributed by atoms with Crippen LogP contribution in [-0.4, -0.2) is 25.5 Å². The Morgan fingerprint density at radius 2 is 2.16 bits per heavy atom. The Kier molecular flexibility index (Phi) is 5.54. The van der Waals surface area contributed by atoms with Crippen LogP contribution in [0.1, 0.15) is 25.8 Å². The first-order chi connectivity index (χ1) is 8.69. The van der Waals surface area contributed by atoms with E-state index in [1.54, 1.807) is 13.8 Å². The third-order valence-corrected chi connectivity index (χ3v) is 6.91. The first-order valence-corrected chi connectivity index (χ1v) is 8.79. The van der Waals surface area contributed by atoms with Crippen molar-refractivity contribution in [2.24, 2.45) is 5.92 Å². The van der Waals surface area contributed by atoms with Gasteiger partial charge in [0.2, 0.25) is 0 Å². The van der Waals surface area contributed by atoms with Gasteiger partial charge in [0.25, 0.3) is 10.0 Å². The molecule has 0 unspecified atom stereocenters. The smallest absolute Gasteiger partial charge is 0.322 e. The van der Waals surface area contributed by atoms with Gasteiger partial charge in [-0.2, -0.15) is 4.72 Å². The number of sulfonamides is 1. The minimum atomic E-state index is -3.80. The van der Waals surface area contributed by atoms with Gasteiger partial charge in [-0.1, -0.05) is 20.3 Å². The summed E-state index contributed by atoms with van der Waals surface area (Å²) in [4.78, 5) is 11.1. The Labute approximate surface area is 125 Å². The molecule has 0 aromatic carbocycles. The molecule has 1 aromatic rings. The van der Waals surface area contributed by atoms with Crippen LogP contribution in [-0.2, 0) is 14.8 Å². The summed E-state index contributed by atoms with van der Waals surface area (Å²) in [7, 11) is -3.80. The molecular formula is C11H16BrNO4S2. The van der Waals surface area contributed by atoms with Crippen molar-refractivity contribution < 1.29 is 18.3 Å². The SMILES string of the molecule is CC[C@H](C)[C@H](NS(=O)(=O)c1cc(C)c(Br)s1)C(=O)O. The molecule has 0 fully saturated rings. The lowest BCUT2D eigenvalue weighted by Crippen LogP contribution is -2.44. The number of carboxylic acid groups (broad SMARTS) is 1. The van der Waals surface area contributed by atoms with Crippen LogP contribution in [0.15, 0.2) is 14.1 Å². The van der Waals surface area contributed by atoms with E-state index in [2.05, 4.69) is 20.7 Å². The molecule has 0 aliphatic carbocycles. The van der Waals surface area contributed by atoms with Crippen molar-refractivity contribution in [1.82, 2.24) is 4.72 Å². The predicted octanol–water partition coefficient (Wildman–Crippen LogP) is 2.60. The zero-order valence-corrected chi connectivity index (χ0v) is 14.0. The maximum Gasteiger partial charge on any atom is 0.322 e. The highest BCUT2D eigenvalue weighted by Gasteiger charge is 2.30. The van der Waals surface area contributed by atoms with Crippen molar-refractivity contribution >= 4 is 43.3 Å². The normalized spacial score (nSPS) is 15.2. The first-order valence-electron chi connectivity index (χ1n) is 5.70. The lowest BCUT2D eigenvalue weighted by molar-refractivity contribution is -0.140. The second kappa shape index (κ2) is 6.34. The molecular weight excluding hydrogens is 354 g/mol. The number of carboxylic acids is 1. The summed E-state index contributed by atoms with van der Waals surface area (Å²) in [6, 6.07) is 0.406. The molecule has 0 saturated heterocycles. The summed E-state index contributed by atoms with van der Waals surface area (Å²) in [5.74, 6) is -1.44. The minimum Gasteiger partial charge on any atom is -0.480 e. The van der Waals surface area contributed by atoms with Gasteiger partial charge in [0.1, 0.15) is 10.3 Å². The Bertz CT molecular complexity index is 548. The van der Waals surface area contributed by atoms with Crippen LogP contribution in [0, 0.1) is 12.8 Å². The molecule has 0 aliphatic heterocycles. The number of carbonyl (C=O) groups is 1. The van der Waals surface area contributed by atoms with E-state index in [0.29, 0.717) is 6.42 Å². The average Bonchev–Trinajstić information content (AvgIpc) is 2.66. The largest absolute Gasteiger partial charge is 0.480 e. The molecule has 1 aromatic heterocycles. The van der Waals surface area contributed by atoms with E-state index >= 15 is 0 Å². The summed E-state index contributed by atoms with van der Waals surface area (Å²) in [5.41, 5.74) is 0.806. The minimum absolute atomic E-state index is 0.117. The van der Waals surface area contributed by atoms with Crippen LogP contribution < -0.4 is 4.72 Å².